The summed E-state index contributed by atoms with van der Waals surface area (Å²) in [5.41, 5.74) is -0.555. The number of halogens is 3. The van der Waals surface area contributed by atoms with Crippen molar-refractivity contribution in [1.29, 1.82) is 5.26 Å². The topological polar surface area (TPSA) is 23.8 Å². The van der Waals surface area contributed by atoms with Crippen LogP contribution < -0.4 is 0 Å². The highest BCUT2D eigenvalue weighted by Gasteiger charge is 2.22. The first-order valence-electron chi connectivity index (χ1n) is 3.95. The Hall–Kier alpha value is -0.950. The van der Waals surface area contributed by atoms with E-state index in [1.54, 1.807) is 13.8 Å². The van der Waals surface area contributed by atoms with Crippen LogP contribution in [0.15, 0.2) is 16.6 Å². The molecule has 1 rings (SSSR count). The summed E-state index contributed by atoms with van der Waals surface area (Å²) >= 11 is 2.77. The molecule has 1 aromatic carbocycles. The van der Waals surface area contributed by atoms with Crippen molar-refractivity contribution in [2.75, 3.05) is 0 Å². The van der Waals surface area contributed by atoms with Crippen LogP contribution in [-0.2, 0) is 5.41 Å². The van der Waals surface area contributed by atoms with Gasteiger partial charge >= 0.3 is 0 Å². The third kappa shape index (κ3) is 1.93. The summed E-state index contributed by atoms with van der Waals surface area (Å²) in [5, 5.41) is 8.79. The first-order chi connectivity index (χ1) is 6.38. The lowest BCUT2D eigenvalue weighted by atomic mass is 9.86. The van der Waals surface area contributed by atoms with Crippen molar-refractivity contribution >= 4 is 15.9 Å². The van der Waals surface area contributed by atoms with Gasteiger partial charge in [-0.15, -0.1) is 0 Å². The number of rotatable bonds is 1. The summed E-state index contributed by atoms with van der Waals surface area (Å²) in [7, 11) is 0. The number of nitrogens with zero attached hydrogens (tertiary/aromatic N) is 1. The van der Waals surface area contributed by atoms with Crippen LogP contribution in [0.5, 0.6) is 0 Å². The maximum atomic E-state index is 13.1. The van der Waals surface area contributed by atoms with Gasteiger partial charge in [0.05, 0.1) is 16.0 Å². The molecule has 0 saturated heterocycles. The molecule has 0 radical (unpaired) electrons. The van der Waals surface area contributed by atoms with Gasteiger partial charge in [0.25, 0.3) is 0 Å². The Morgan fingerprint density at radius 3 is 2.07 bits per heavy atom. The van der Waals surface area contributed by atoms with Gasteiger partial charge in [0, 0.05) is 0 Å². The molecule has 0 fully saturated rings. The van der Waals surface area contributed by atoms with Crippen LogP contribution in [-0.4, -0.2) is 0 Å². The molecule has 0 aliphatic carbocycles. The van der Waals surface area contributed by atoms with E-state index in [2.05, 4.69) is 15.9 Å². The minimum absolute atomic E-state index is 0.199. The van der Waals surface area contributed by atoms with Crippen LogP contribution in [0, 0.1) is 23.0 Å². The molecule has 1 nitrogen and oxygen atoms in total. The van der Waals surface area contributed by atoms with Crippen molar-refractivity contribution < 1.29 is 8.78 Å². The molecule has 0 atom stereocenters. The van der Waals surface area contributed by atoms with E-state index in [1.165, 1.54) is 0 Å². The normalized spacial score (nSPS) is 11.1. The summed E-state index contributed by atoms with van der Waals surface area (Å²) in [6.45, 7) is 3.21. The monoisotopic (exact) mass is 259 g/mol. The zero-order valence-electron chi connectivity index (χ0n) is 7.74. The second-order valence-corrected chi connectivity index (χ2v) is 4.28. The highest BCUT2D eigenvalue weighted by atomic mass is 79.9. The van der Waals surface area contributed by atoms with Crippen LogP contribution in [0.4, 0.5) is 8.78 Å². The Bertz CT molecular complexity index is 384. The SMILES string of the molecule is CC(C)(C#N)c1cc(F)c(Br)c(F)c1. The highest BCUT2D eigenvalue weighted by molar-refractivity contribution is 9.10. The van der Waals surface area contributed by atoms with E-state index in [1.807, 2.05) is 6.07 Å². The van der Waals surface area contributed by atoms with Crippen LogP contribution in [0.1, 0.15) is 19.4 Å². The summed E-state index contributed by atoms with van der Waals surface area (Å²) in [4.78, 5) is 0. The van der Waals surface area contributed by atoms with Crippen molar-refractivity contribution in [2.24, 2.45) is 0 Å². The summed E-state index contributed by atoms with van der Waals surface area (Å²) < 4.78 is 26.0. The molecule has 0 unspecified atom stereocenters. The van der Waals surface area contributed by atoms with E-state index in [0.717, 1.165) is 12.1 Å². The van der Waals surface area contributed by atoms with Gasteiger partial charge in [-0.1, -0.05) is 0 Å². The molecule has 0 bridgehead atoms. The molecule has 74 valence electrons. The lowest BCUT2D eigenvalue weighted by Crippen LogP contribution is -2.14. The Morgan fingerprint density at radius 1 is 1.29 bits per heavy atom. The minimum Gasteiger partial charge on any atom is -0.206 e. The van der Waals surface area contributed by atoms with Gasteiger partial charge in [0.1, 0.15) is 11.6 Å². The van der Waals surface area contributed by atoms with Crippen LogP contribution in [0.25, 0.3) is 0 Å². The van der Waals surface area contributed by atoms with Gasteiger partial charge in [-0.05, 0) is 47.5 Å². The third-order valence-corrected chi connectivity index (χ3v) is 2.74. The minimum atomic E-state index is -0.887. The molecule has 0 heterocycles. The molecule has 0 spiro atoms. The van der Waals surface area contributed by atoms with Gasteiger partial charge in [-0.2, -0.15) is 5.26 Å². The van der Waals surface area contributed by atoms with E-state index in [9.17, 15) is 8.78 Å². The first kappa shape index (κ1) is 11.1. The van der Waals surface area contributed by atoms with Crippen molar-refractivity contribution in [3.05, 3.63) is 33.8 Å². The Labute approximate surface area is 89.5 Å². The number of nitriles is 1. The molecule has 0 amide bonds. The molecular formula is C10H8BrF2N. The van der Waals surface area contributed by atoms with Crippen molar-refractivity contribution in [1.82, 2.24) is 0 Å². The fraction of sp³-hybridized carbons (Fsp3) is 0.300. The second-order valence-electron chi connectivity index (χ2n) is 3.49. The fourth-order valence-electron chi connectivity index (χ4n) is 0.981. The van der Waals surface area contributed by atoms with E-state index < -0.39 is 17.0 Å². The summed E-state index contributed by atoms with van der Waals surface area (Å²) in [5.74, 6) is -1.38. The fourth-order valence-corrected chi connectivity index (χ4v) is 1.21. The van der Waals surface area contributed by atoms with Gasteiger partial charge in [-0.25, -0.2) is 8.78 Å². The summed E-state index contributed by atoms with van der Waals surface area (Å²) in [6.07, 6.45) is 0. The van der Waals surface area contributed by atoms with Gasteiger partial charge in [0.2, 0.25) is 0 Å². The quantitative estimate of drug-likeness (QED) is 0.708. The van der Waals surface area contributed by atoms with Gasteiger partial charge in [0.15, 0.2) is 0 Å². The van der Waals surface area contributed by atoms with E-state index in [-0.39, 0.29) is 4.47 Å². The van der Waals surface area contributed by atoms with E-state index >= 15 is 0 Å². The first-order valence-corrected chi connectivity index (χ1v) is 4.74. The van der Waals surface area contributed by atoms with Crippen LogP contribution in [0.2, 0.25) is 0 Å². The Balaban J connectivity index is 3.35. The zero-order chi connectivity index (χ0) is 10.9. The van der Waals surface area contributed by atoms with Crippen molar-refractivity contribution in [3.63, 3.8) is 0 Å². The average Bonchev–Trinajstić information content (AvgIpc) is 2.13. The molecule has 0 aliphatic rings. The zero-order valence-corrected chi connectivity index (χ0v) is 9.32. The molecule has 0 aliphatic heterocycles. The molecule has 0 aromatic heterocycles. The molecular weight excluding hydrogens is 252 g/mol. The van der Waals surface area contributed by atoms with Crippen molar-refractivity contribution in [3.8, 4) is 6.07 Å². The Kier molecular flexibility index (Phi) is 2.91. The standard InChI is InChI=1S/C10H8BrF2N/c1-10(2,5-14)6-3-7(12)9(11)8(13)4-6/h3-4H,1-2H3. The molecule has 1 aromatic rings. The van der Waals surface area contributed by atoms with Gasteiger partial charge in [-0.3, -0.25) is 0 Å². The van der Waals surface area contributed by atoms with Crippen LogP contribution >= 0.6 is 15.9 Å². The largest absolute Gasteiger partial charge is 0.206 e. The third-order valence-electron chi connectivity index (χ3n) is 1.99. The predicted octanol–water partition coefficient (Wildman–Crippen LogP) is 3.53. The molecule has 0 saturated carbocycles. The van der Waals surface area contributed by atoms with E-state index in [4.69, 9.17) is 5.26 Å². The lowest BCUT2D eigenvalue weighted by Gasteiger charge is -2.16. The maximum Gasteiger partial charge on any atom is 0.140 e. The number of benzene rings is 1. The number of hydrogen-bond acceptors (Lipinski definition) is 1. The molecule has 0 N–H and O–H groups in total. The smallest absolute Gasteiger partial charge is 0.140 e. The molecule has 14 heavy (non-hydrogen) atoms. The van der Waals surface area contributed by atoms with Crippen LogP contribution in [0.3, 0.4) is 0 Å². The molecule has 4 heteroatoms. The Morgan fingerprint density at radius 2 is 1.71 bits per heavy atom. The lowest BCUT2D eigenvalue weighted by molar-refractivity contribution is 0.557. The van der Waals surface area contributed by atoms with E-state index in [0.29, 0.717) is 5.56 Å². The highest BCUT2D eigenvalue weighted by Crippen LogP contribution is 2.28. The van der Waals surface area contributed by atoms with Crippen molar-refractivity contribution in [2.45, 2.75) is 19.3 Å². The predicted molar refractivity (Wildman–Crippen MR) is 52.7 cm³/mol. The second kappa shape index (κ2) is 3.66. The number of hydrogen-bond donors (Lipinski definition) is 0. The maximum absolute atomic E-state index is 13.1. The average molecular weight is 260 g/mol. The summed E-state index contributed by atoms with van der Waals surface area (Å²) in [6, 6.07) is 4.31. The van der Waals surface area contributed by atoms with Gasteiger partial charge < -0.3 is 0 Å².